The Labute approximate surface area is 240 Å². The van der Waals surface area contributed by atoms with E-state index in [-0.39, 0.29) is 27.7 Å². The fraction of sp³-hybridized carbons (Fsp3) is 0.200. The number of nitrogens with one attached hydrogen (secondary N) is 2. The molecular weight excluding hydrogens is 611 g/mol. The van der Waals surface area contributed by atoms with Gasteiger partial charge in [0, 0.05) is 27.3 Å². The number of hydrogen-bond donors (Lipinski definition) is 2. The molecule has 5 nitrogen and oxygen atoms in total. The van der Waals surface area contributed by atoms with Crippen molar-refractivity contribution in [2.24, 2.45) is 5.92 Å². The maximum Gasteiger partial charge on any atom is 0.422 e. The molecule has 2 amide bonds. The Balaban J connectivity index is 1.43. The fourth-order valence-corrected chi connectivity index (χ4v) is 5.39. The van der Waals surface area contributed by atoms with Gasteiger partial charge in [0.1, 0.15) is 10.1 Å². The predicted octanol–water partition coefficient (Wildman–Crippen LogP) is 8.37. The lowest BCUT2D eigenvalue weighted by Gasteiger charge is -2.12. The molecule has 0 spiro atoms. The molecular formula is C25H16Cl5F3N2O3. The van der Waals surface area contributed by atoms with E-state index >= 15 is 0 Å². The summed E-state index contributed by atoms with van der Waals surface area (Å²) in [4.78, 5) is 25.8. The minimum atomic E-state index is -4.47. The van der Waals surface area contributed by atoms with Crippen LogP contribution in [-0.2, 0) is 4.79 Å². The third-order valence-corrected chi connectivity index (χ3v) is 7.28. The standard InChI is InChI=1S/C25H16Cl5F3N2O3/c26-13-7-12(8-14(27)9-13)20-21(25(20,29)30)23(37)35-16-3-6-19(28)18(10-16)22(36)34-15-1-4-17(5-2-15)38-11-24(31,32)33/h1-10,20-21H,11H2,(H,34,36)(H,35,37). The third kappa shape index (κ3) is 6.79. The largest absolute Gasteiger partial charge is 0.484 e. The molecule has 200 valence electrons. The highest BCUT2D eigenvalue weighted by Gasteiger charge is 2.67. The number of amides is 2. The van der Waals surface area contributed by atoms with E-state index in [1.165, 1.54) is 42.5 Å². The minimum absolute atomic E-state index is 0.0175. The Morgan fingerprint density at radius 3 is 2.08 bits per heavy atom. The lowest BCUT2D eigenvalue weighted by molar-refractivity contribution is -0.153. The van der Waals surface area contributed by atoms with Gasteiger partial charge in [-0.25, -0.2) is 0 Å². The molecule has 2 N–H and O–H groups in total. The van der Waals surface area contributed by atoms with Gasteiger partial charge in [-0.3, -0.25) is 9.59 Å². The van der Waals surface area contributed by atoms with Gasteiger partial charge in [0.2, 0.25) is 5.91 Å². The maximum atomic E-state index is 13.0. The topological polar surface area (TPSA) is 67.4 Å². The molecule has 0 aliphatic heterocycles. The summed E-state index contributed by atoms with van der Waals surface area (Å²) in [5.41, 5.74) is 1.20. The summed E-state index contributed by atoms with van der Waals surface area (Å²) in [6.45, 7) is -1.43. The molecule has 1 saturated carbocycles. The summed E-state index contributed by atoms with van der Waals surface area (Å²) >= 11 is 31.1. The highest BCUT2D eigenvalue weighted by atomic mass is 35.5. The summed E-state index contributed by atoms with van der Waals surface area (Å²) in [6.07, 6.45) is -4.47. The first kappa shape index (κ1) is 28.6. The zero-order chi connectivity index (χ0) is 27.8. The number of alkyl halides is 5. The van der Waals surface area contributed by atoms with Gasteiger partial charge in [-0.05, 0) is 66.2 Å². The average Bonchev–Trinajstić information content (AvgIpc) is 3.40. The molecule has 1 aliphatic rings. The summed E-state index contributed by atoms with van der Waals surface area (Å²) in [5.74, 6) is -2.49. The molecule has 13 heteroatoms. The van der Waals surface area contributed by atoms with Crippen molar-refractivity contribution < 1.29 is 27.5 Å². The zero-order valence-electron chi connectivity index (χ0n) is 18.9. The lowest BCUT2D eigenvalue weighted by atomic mass is 10.1. The Bertz CT molecular complexity index is 1360. The quantitative estimate of drug-likeness (QED) is 0.259. The first-order valence-electron chi connectivity index (χ1n) is 10.8. The summed E-state index contributed by atoms with van der Waals surface area (Å²) in [5, 5.41) is 6.13. The first-order valence-corrected chi connectivity index (χ1v) is 12.7. The molecule has 2 atom stereocenters. The van der Waals surface area contributed by atoms with E-state index < -0.39 is 40.8 Å². The van der Waals surface area contributed by atoms with Crippen LogP contribution >= 0.6 is 58.0 Å². The van der Waals surface area contributed by atoms with Gasteiger partial charge in [0.05, 0.1) is 16.5 Å². The molecule has 3 aromatic carbocycles. The molecule has 0 heterocycles. The van der Waals surface area contributed by atoms with Crippen LogP contribution in [-0.4, -0.2) is 28.9 Å². The van der Waals surface area contributed by atoms with E-state index in [9.17, 15) is 22.8 Å². The number of rotatable bonds is 7. The van der Waals surface area contributed by atoms with Crippen molar-refractivity contribution >= 4 is 81.2 Å². The van der Waals surface area contributed by atoms with Crippen molar-refractivity contribution in [1.29, 1.82) is 0 Å². The van der Waals surface area contributed by atoms with E-state index in [4.69, 9.17) is 58.0 Å². The fourth-order valence-electron chi connectivity index (χ4n) is 3.82. The van der Waals surface area contributed by atoms with E-state index in [0.717, 1.165) is 0 Å². The molecule has 0 saturated heterocycles. The Morgan fingerprint density at radius 2 is 1.47 bits per heavy atom. The van der Waals surface area contributed by atoms with Crippen LogP contribution in [0.4, 0.5) is 24.5 Å². The molecule has 0 aromatic heterocycles. The van der Waals surface area contributed by atoms with Gasteiger partial charge in [-0.1, -0.05) is 34.8 Å². The van der Waals surface area contributed by atoms with Crippen LogP contribution in [0.1, 0.15) is 21.8 Å². The lowest BCUT2D eigenvalue weighted by Crippen LogP contribution is -2.19. The van der Waals surface area contributed by atoms with E-state index in [2.05, 4.69) is 15.4 Å². The van der Waals surface area contributed by atoms with Gasteiger partial charge in [-0.2, -0.15) is 13.2 Å². The predicted molar refractivity (Wildman–Crippen MR) is 143 cm³/mol. The van der Waals surface area contributed by atoms with E-state index in [0.29, 0.717) is 15.6 Å². The molecule has 2 unspecified atom stereocenters. The smallest absolute Gasteiger partial charge is 0.422 e. The Kier molecular flexibility index (Phi) is 8.31. The second-order valence-electron chi connectivity index (χ2n) is 8.40. The minimum Gasteiger partial charge on any atom is -0.484 e. The Hall–Kier alpha value is -2.36. The van der Waals surface area contributed by atoms with Crippen molar-refractivity contribution in [2.75, 3.05) is 17.2 Å². The highest BCUT2D eigenvalue weighted by Crippen LogP contribution is 2.65. The molecule has 4 rings (SSSR count). The van der Waals surface area contributed by atoms with E-state index in [1.807, 2.05) is 0 Å². The second-order valence-corrected chi connectivity index (χ2v) is 11.1. The number of halogens is 8. The highest BCUT2D eigenvalue weighted by molar-refractivity contribution is 6.53. The molecule has 38 heavy (non-hydrogen) atoms. The number of ether oxygens (including phenoxy) is 1. The van der Waals surface area contributed by atoms with Crippen LogP contribution in [0.15, 0.2) is 60.7 Å². The molecule has 1 aliphatic carbocycles. The average molecular weight is 627 g/mol. The van der Waals surface area contributed by atoms with Crippen molar-refractivity contribution in [2.45, 2.75) is 16.4 Å². The van der Waals surface area contributed by atoms with Gasteiger partial charge < -0.3 is 15.4 Å². The van der Waals surface area contributed by atoms with Gasteiger partial charge in [0.15, 0.2) is 6.61 Å². The summed E-state index contributed by atoms with van der Waals surface area (Å²) < 4.78 is 40.1. The molecule has 3 aromatic rings. The van der Waals surface area contributed by atoms with Gasteiger partial charge in [0.25, 0.3) is 5.91 Å². The molecule has 0 radical (unpaired) electrons. The Morgan fingerprint density at radius 1 is 0.868 bits per heavy atom. The number of carbonyl (C=O) groups excluding carboxylic acids is 2. The van der Waals surface area contributed by atoms with Crippen molar-refractivity contribution in [1.82, 2.24) is 0 Å². The summed E-state index contributed by atoms with van der Waals surface area (Å²) in [7, 11) is 0. The maximum absolute atomic E-state index is 13.0. The van der Waals surface area contributed by atoms with Crippen LogP contribution < -0.4 is 15.4 Å². The monoisotopic (exact) mass is 624 g/mol. The van der Waals surface area contributed by atoms with Crippen LogP contribution in [0.25, 0.3) is 0 Å². The SMILES string of the molecule is O=C(Nc1ccc(OCC(F)(F)F)cc1)c1cc(NC(=O)C2C(c3cc(Cl)cc(Cl)c3)C2(Cl)Cl)ccc1Cl. The van der Waals surface area contributed by atoms with Gasteiger partial charge in [-0.15, -0.1) is 23.2 Å². The van der Waals surface area contributed by atoms with Gasteiger partial charge >= 0.3 is 6.18 Å². The van der Waals surface area contributed by atoms with Crippen molar-refractivity contribution in [3.8, 4) is 5.75 Å². The van der Waals surface area contributed by atoms with Crippen LogP contribution in [0.5, 0.6) is 5.75 Å². The summed E-state index contributed by atoms with van der Waals surface area (Å²) in [6, 6.07) is 14.4. The van der Waals surface area contributed by atoms with Crippen LogP contribution in [0.3, 0.4) is 0 Å². The van der Waals surface area contributed by atoms with Crippen LogP contribution in [0.2, 0.25) is 15.1 Å². The molecule has 0 bridgehead atoms. The third-order valence-electron chi connectivity index (χ3n) is 5.57. The first-order chi connectivity index (χ1) is 17.7. The number of carbonyl (C=O) groups is 2. The molecule has 1 fully saturated rings. The zero-order valence-corrected chi connectivity index (χ0v) is 22.7. The van der Waals surface area contributed by atoms with Crippen molar-refractivity contribution in [3.63, 3.8) is 0 Å². The van der Waals surface area contributed by atoms with Crippen molar-refractivity contribution in [3.05, 3.63) is 86.9 Å². The second kappa shape index (κ2) is 11.0. The number of benzene rings is 3. The van der Waals surface area contributed by atoms with Crippen LogP contribution in [0, 0.1) is 5.92 Å². The normalized spacial score (nSPS) is 18.0. The number of anilines is 2. The number of hydrogen-bond acceptors (Lipinski definition) is 3. The van der Waals surface area contributed by atoms with E-state index in [1.54, 1.807) is 18.2 Å².